The minimum atomic E-state index is -0.885. The number of carbonyl (C=O) groups excluding carboxylic acids is 5. The number of amides is 5. The van der Waals surface area contributed by atoms with Crippen LogP contribution in [0.25, 0.3) is 5.57 Å². The largest absolute Gasteiger partial charge is 0.445 e. The second-order valence-corrected chi connectivity index (χ2v) is 21.2. The van der Waals surface area contributed by atoms with E-state index in [1.807, 2.05) is 60.9 Å². The van der Waals surface area contributed by atoms with Gasteiger partial charge in [0.25, 0.3) is 0 Å². The van der Waals surface area contributed by atoms with E-state index >= 15 is 0 Å². The van der Waals surface area contributed by atoms with Gasteiger partial charge < -0.3 is 65.5 Å². The highest BCUT2D eigenvalue weighted by Crippen LogP contribution is 2.37. The molecular formula is C60H85F2N7O11. The van der Waals surface area contributed by atoms with Crippen LogP contribution in [0.2, 0.25) is 0 Å². The van der Waals surface area contributed by atoms with Crippen LogP contribution in [-0.4, -0.2) is 141 Å². The number of halogens is 2. The predicted octanol–water partition coefficient (Wildman–Crippen LogP) is 7.04. The molecular weight excluding hydrogens is 1030 g/mol. The van der Waals surface area contributed by atoms with Crippen LogP contribution in [0.4, 0.5) is 19.3 Å². The van der Waals surface area contributed by atoms with Gasteiger partial charge in [-0.05, 0) is 96.9 Å². The highest BCUT2D eigenvalue weighted by molar-refractivity contribution is 5.96. The van der Waals surface area contributed by atoms with Gasteiger partial charge >= 0.3 is 6.09 Å². The quantitative estimate of drug-likeness (QED) is 0.0290. The molecule has 0 aromatic heterocycles. The fourth-order valence-electron chi connectivity index (χ4n) is 9.09. The molecule has 0 saturated heterocycles. The van der Waals surface area contributed by atoms with Crippen molar-refractivity contribution < 1.29 is 61.9 Å². The Labute approximate surface area is 470 Å². The summed E-state index contributed by atoms with van der Waals surface area (Å²) in [6.07, 6.45) is 4.13. The van der Waals surface area contributed by atoms with Crippen LogP contribution in [0.3, 0.4) is 0 Å². The third-order valence-electron chi connectivity index (χ3n) is 13.5. The molecule has 4 atom stereocenters. The van der Waals surface area contributed by atoms with Crippen molar-refractivity contribution in [2.24, 2.45) is 23.2 Å². The summed E-state index contributed by atoms with van der Waals surface area (Å²) < 4.78 is 51.1. The summed E-state index contributed by atoms with van der Waals surface area (Å²) in [6.45, 7) is 22.5. The fraction of sp³-hybridized carbons (Fsp3) is 0.517. The molecule has 3 unspecified atom stereocenters. The maximum absolute atomic E-state index is 15.0. The van der Waals surface area contributed by atoms with Gasteiger partial charge in [-0.3, -0.25) is 19.2 Å². The van der Waals surface area contributed by atoms with Crippen LogP contribution < -0.4 is 26.6 Å². The number of nitrogens with zero attached hydrogens (tertiary/aromatic N) is 2. The molecule has 1 fully saturated rings. The van der Waals surface area contributed by atoms with Crippen LogP contribution in [0.5, 0.6) is 0 Å². The van der Waals surface area contributed by atoms with Crippen molar-refractivity contribution in [3.05, 3.63) is 132 Å². The standard InChI is InChI=1S/C60H85F2N7O11/c1-41(2)55(67-53(72)24-30-78-34-33-77-29-23-47-17-21-50(47)57(74)63-26-31-79-32-28-70)58(75)65-36-54(73)66-49-19-15-46(16-20-49)40-80-59(76)64-25-12-27-69(43(4)39-71)56(60(6,7)8)44(5)68(38-45-13-10-9-11-14-45)37-42(3)51-35-48(61)18-22-52(51)62/h9-11,13-16,18-20,22,35,37,41,47,50,55-56,70-71H,4-5,12,17,21,23-34,36,38-40H2,1-3,6-8H3,(H,63,74)(H,64,76)(H,65,75)(H,66,73)(H,67,72)/b42-37+/t47?,50?,55?,56-/m0/s1. The monoisotopic (exact) mass is 1120 g/mol. The lowest BCUT2D eigenvalue weighted by Gasteiger charge is -2.46. The van der Waals surface area contributed by atoms with Crippen molar-refractivity contribution in [1.82, 2.24) is 31.1 Å². The maximum Gasteiger partial charge on any atom is 0.407 e. The Kier molecular flexibility index (Phi) is 28.3. The molecule has 0 radical (unpaired) electrons. The molecule has 7 N–H and O–H groups in total. The molecule has 20 heteroatoms. The molecule has 4 rings (SSSR count). The SMILES string of the molecule is C=C([C@H](N(CCCNC(=O)OCc1ccc(NC(=O)CNC(=O)C(NC(=O)CCOCCOCCC2CCC2C(=O)NCCOCCO)C(C)C)cc1)C(=C)CO)C(C)(C)C)N(/C=C(\C)c1cc(F)ccc1F)Cc1ccccc1. The average Bonchev–Trinajstić information content (AvgIpc) is 3.42. The lowest BCUT2D eigenvalue weighted by Crippen LogP contribution is -2.51. The number of aliphatic hydroxyl groups excluding tert-OH is 2. The van der Waals surface area contributed by atoms with E-state index in [0.29, 0.717) is 74.1 Å². The number of carbonyl (C=O) groups is 5. The van der Waals surface area contributed by atoms with E-state index in [4.69, 9.17) is 24.1 Å². The van der Waals surface area contributed by atoms with Crippen LogP contribution in [-0.2, 0) is 51.3 Å². The minimum Gasteiger partial charge on any atom is -0.445 e. The Morgan fingerprint density at radius 1 is 0.812 bits per heavy atom. The third-order valence-corrected chi connectivity index (χ3v) is 13.5. The van der Waals surface area contributed by atoms with Gasteiger partial charge in [-0.15, -0.1) is 0 Å². The number of allylic oxidation sites excluding steroid dienone is 1. The molecule has 0 heterocycles. The summed E-state index contributed by atoms with van der Waals surface area (Å²) in [4.78, 5) is 67.7. The van der Waals surface area contributed by atoms with Crippen molar-refractivity contribution >= 4 is 41.0 Å². The van der Waals surface area contributed by atoms with Gasteiger partial charge in [-0.25, -0.2) is 13.6 Å². The summed E-state index contributed by atoms with van der Waals surface area (Å²) in [6, 6.07) is 18.3. The Morgan fingerprint density at radius 3 is 2.16 bits per heavy atom. The zero-order chi connectivity index (χ0) is 58.6. The van der Waals surface area contributed by atoms with Crippen molar-refractivity contribution in [2.75, 3.05) is 84.4 Å². The summed E-state index contributed by atoms with van der Waals surface area (Å²) in [5.74, 6) is -2.53. The Morgan fingerprint density at radius 2 is 1.51 bits per heavy atom. The van der Waals surface area contributed by atoms with E-state index in [-0.39, 0.29) is 94.3 Å². The second-order valence-electron chi connectivity index (χ2n) is 21.2. The van der Waals surface area contributed by atoms with Gasteiger partial charge in [0, 0.05) is 74.0 Å². The summed E-state index contributed by atoms with van der Waals surface area (Å²) >= 11 is 0. The van der Waals surface area contributed by atoms with E-state index in [9.17, 15) is 37.9 Å². The van der Waals surface area contributed by atoms with Crippen molar-refractivity contribution in [1.29, 1.82) is 0 Å². The zero-order valence-corrected chi connectivity index (χ0v) is 47.5. The molecule has 1 saturated carbocycles. The van der Waals surface area contributed by atoms with Gasteiger partial charge in [0.1, 0.15) is 24.3 Å². The highest BCUT2D eigenvalue weighted by Gasteiger charge is 2.37. The van der Waals surface area contributed by atoms with Crippen LogP contribution in [0.15, 0.2) is 104 Å². The highest BCUT2D eigenvalue weighted by atomic mass is 19.1. The molecule has 440 valence electrons. The normalized spacial score (nSPS) is 15.0. The summed E-state index contributed by atoms with van der Waals surface area (Å²) in [5, 5.41) is 32.8. The van der Waals surface area contributed by atoms with Crippen LogP contribution in [0, 0.1) is 34.8 Å². The number of ether oxygens (including phenoxy) is 4. The molecule has 18 nitrogen and oxygen atoms in total. The van der Waals surface area contributed by atoms with E-state index in [0.717, 1.165) is 43.0 Å². The molecule has 5 amide bonds. The van der Waals surface area contributed by atoms with Gasteiger partial charge in [-0.2, -0.15) is 0 Å². The number of rotatable bonds is 36. The topological polar surface area (TPSA) is 229 Å². The van der Waals surface area contributed by atoms with E-state index in [1.54, 1.807) is 51.2 Å². The van der Waals surface area contributed by atoms with Gasteiger partial charge in [0.2, 0.25) is 23.6 Å². The Balaban J connectivity index is 1.16. The van der Waals surface area contributed by atoms with Crippen molar-refractivity contribution in [3.63, 3.8) is 0 Å². The number of alkyl carbamates (subject to hydrolysis) is 1. The molecule has 3 aromatic rings. The molecule has 1 aliphatic rings. The lowest BCUT2D eigenvalue weighted by atomic mass is 9.71. The smallest absolute Gasteiger partial charge is 0.407 e. The van der Waals surface area contributed by atoms with Gasteiger partial charge in [0.05, 0.1) is 58.8 Å². The molecule has 0 aliphatic heterocycles. The molecule has 80 heavy (non-hydrogen) atoms. The molecule has 0 spiro atoms. The summed E-state index contributed by atoms with van der Waals surface area (Å²) in [5.41, 5.74) is 3.24. The van der Waals surface area contributed by atoms with E-state index < -0.39 is 47.0 Å². The number of hydrogen-bond donors (Lipinski definition) is 7. The molecule has 3 aromatic carbocycles. The minimum absolute atomic E-state index is 0.0158. The van der Waals surface area contributed by atoms with Gasteiger partial charge in [0.15, 0.2) is 0 Å². The first-order valence-electron chi connectivity index (χ1n) is 27.4. The second kappa shape index (κ2) is 34.4. The number of hydrogen-bond acceptors (Lipinski definition) is 13. The number of anilines is 1. The van der Waals surface area contributed by atoms with Crippen molar-refractivity contribution in [2.45, 2.75) is 98.9 Å². The first-order valence-corrected chi connectivity index (χ1v) is 27.4. The third kappa shape index (κ3) is 22.8. The fourth-order valence-corrected chi connectivity index (χ4v) is 9.09. The first-order chi connectivity index (χ1) is 38.2. The Bertz CT molecular complexity index is 2490. The lowest BCUT2D eigenvalue weighted by molar-refractivity contribution is -0.131. The van der Waals surface area contributed by atoms with Crippen LogP contribution in [0.1, 0.15) is 90.3 Å². The number of nitrogens with one attached hydrogen (secondary N) is 5. The zero-order valence-electron chi connectivity index (χ0n) is 47.5. The predicted molar refractivity (Wildman–Crippen MR) is 303 cm³/mol. The first kappa shape index (κ1) is 65.8. The number of benzene rings is 3. The number of aliphatic hydroxyl groups is 2. The average molecular weight is 1120 g/mol. The Hall–Kier alpha value is -6.71. The maximum atomic E-state index is 15.0. The molecule has 1 aliphatic carbocycles. The van der Waals surface area contributed by atoms with Crippen LogP contribution >= 0.6 is 0 Å². The van der Waals surface area contributed by atoms with E-state index in [2.05, 4.69) is 39.7 Å². The van der Waals surface area contributed by atoms with E-state index in [1.165, 1.54) is 0 Å². The summed E-state index contributed by atoms with van der Waals surface area (Å²) in [7, 11) is 0. The van der Waals surface area contributed by atoms with Crippen molar-refractivity contribution in [3.8, 4) is 0 Å². The molecule has 0 bridgehead atoms. The van der Waals surface area contributed by atoms with Gasteiger partial charge in [-0.1, -0.05) is 90.2 Å².